The minimum atomic E-state index is 0.680. The van der Waals surface area contributed by atoms with Crippen LogP contribution in [0.2, 0.25) is 0 Å². The van der Waals surface area contributed by atoms with Gasteiger partial charge in [-0.15, -0.1) is 11.3 Å². The van der Waals surface area contributed by atoms with Crippen molar-refractivity contribution in [2.45, 2.75) is 19.8 Å². The minimum Gasteiger partial charge on any atom is -0.491 e. The lowest BCUT2D eigenvalue weighted by Gasteiger charge is -2.11. The Morgan fingerprint density at radius 1 is 1.42 bits per heavy atom. The van der Waals surface area contributed by atoms with Crippen LogP contribution in [0.5, 0.6) is 5.75 Å². The molecule has 0 amide bonds. The smallest absolute Gasteiger partial charge is 0.144 e. The Balaban J connectivity index is 1.89. The van der Waals surface area contributed by atoms with E-state index in [9.17, 15) is 0 Å². The van der Waals surface area contributed by atoms with Crippen LogP contribution in [-0.2, 0) is 6.42 Å². The van der Waals surface area contributed by atoms with Crippen molar-refractivity contribution < 1.29 is 4.74 Å². The van der Waals surface area contributed by atoms with E-state index in [1.54, 1.807) is 11.3 Å². The molecule has 3 N–H and O–H groups in total. The van der Waals surface area contributed by atoms with Gasteiger partial charge in [-0.3, -0.25) is 0 Å². The molecule has 5 heteroatoms. The van der Waals surface area contributed by atoms with Crippen LogP contribution >= 0.6 is 11.3 Å². The van der Waals surface area contributed by atoms with Gasteiger partial charge in [0.25, 0.3) is 0 Å². The predicted molar refractivity (Wildman–Crippen MR) is 80.9 cm³/mol. The van der Waals surface area contributed by atoms with Gasteiger partial charge in [-0.25, -0.2) is 4.98 Å². The maximum absolute atomic E-state index is 5.87. The van der Waals surface area contributed by atoms with Crippen molar-refractivity contribution in [3.05, 3.63) is 34.8 Å². The third kappa shape index (κ3) is 4.13. The molecule has 1 heterocycles. The lowest BCUT2D eigenvalue weighted by atomic mass is 10.2. The van der Waals surface area contributed by atoms with Crippen molar-refractivity contribution in [3.63, 3.8) is 0 Å². The number of ether oxygens (including phenoxy) is 1. The maximum Gasteiger partial charge on any atom is 0.144 e. The fourth-order valence-electron chi connectivity index (χ4n) is 1.67. The van der Waals surface area contributed by atoms with Crippen molar-refractivity contribution >= 4 is 22.7 Å². The summed E-state index contributed by atoms with van der Waals surface area (Å²) >= 11 is 1.68. The lowest BCUT2D eigenvalue weighted by Crippen LogP contribution is -2.06. The Morgan fingerprint density at radius 2 is 2.32 bits per heavy atom. The van der Waals surface area contributed by atoms with Crippen LogP contribution in [-0.4, -0.2) is 18.1 Å². The molecule has 1 aromatic heterocycles. The second-order valence-electron chi connectivity index (χ2n) is 4.20. The van der Waals surface area contributed by atoms with Crippen LogP contribution in [0, 0.1) is 0 Å². The Labute approximate surface area is 117 Å². The number of nitrogens with zero attached hydrogens (tertiary/aromatic N) is 1. The number of hydrogen-bond donors (Lipinski definition) is 2. The van der Waals surface area contributed by atoms with E-state index in [-0.39, 0.29) is 0 Å². The van der Waals surface area contributed by atoms with Crippen molar-refractivity contribution in [2.24, 2.45) is 0 Å². The van der Waals surface area contributed by atoms with Gasteiger partial charge in [-0.1, -0.05) is 6.92 Å². The molecule has 0 spiro atoms. The standard InChI is InChI=1S/C14H19N3OS/c1-2-8-18-13-10-11(3-4-12(13)15)16-6-5-14-17-7-9-19-14/h3-4,7,9-10,16H,2,5-6,8,15H2,1H3. The van der Waals surface area contributed by atoms with E-state index in [2.05, 4.69) is 17.2 Å². The van der Waals surface area contributed by atoms with Gasteiger partial charge in [0.15, 0.2) is 0 Å². The van der Waals surface area contributed by atoms with Crippen LogP contribution in [0.4, 0.5) is 11.4 Å². The molecular formula is C14H19N3OS. The lowest BCUT2D eigenvalue weighted by molar-refractivity contribution is 0.319. The van der Waals surface area contributed by atoms with Crippen molar-refractivity contribution in [2.75, 3.05) is 24.2 Å². The number of benzene rings is 1. The SMILES string of the molecule is CCCOc1cc(NCCc2nccs2)ccc1N. The second-order valence-corrected chi connectivity index (χ2v) is 5.18. The zero-order valence-corrected chi connectivity index (χ0v) is 11.9. The molecule has 19 heavy (non-hydrogen) atoms. The summed E-state index contributed by atoms with van der Waals surface area (Å²) in [7, 11) is 0. The molecule has 2 rings (SSSR count). The van der Waals surface area contributed by atoms with Crippen LogP contribution in [0.25, 0.3) is 0 Å². The summed E-state index contributed by atoms with van der Waals surface area (Å²) in [5.41, 5.74) is 7.58. The summed E-state index contributed by atoms with van der Waals surface area (Å²) in [6.45, 7) is 3.61. The molecule has 0 bridgehead atoms. The first-order valence-electron chi connectivity index (χ1n) is 6.44. The van der Waals surface area contributed by atoms with Crippen LogP contribution in [0.15, 0.2) is 29.8 Å². The number of nitrogens with one attached hydrogen (secondary N) is 1. The van der Waals surface area contributed by atoms with Gasteiger partial charge in [0.2, 0.25) is 0 Å². The van der Waals surface area contributed by atoms with Crippen LogP contribution in [0.3, 0.4) is 0 Å². The highest BCUT2D eigenvalue weighted by Crippen LogP contribution is 2.25. The van der Waals surface area contributed by atoms with Gasteiger partial charge in [0, 0.05) is 36.3 Å². The van der Waals surface area contributed by atoms with Crippen molar-refractivity contribution in [1.29, 1.82) is 0 Å². The quantitative estimate of drug-likeness (QED) is 0.763. The van der Waals surface area contributed by atoms with Crippen LogP contribution in [0.1, 0.15) is 18.4 Å². The maximum atomic E-state index is 5.87. The molecule has 0 unspecified atom stereocenters. The van der Waals surface area contributed by atoms with Gasteiger partial charge in [0.05, 0.1) is 17.3 Å². The second kappa shape index (κ2) is 6.99. The molecule has 0 radical (unpaired) electrons. The number of rotatable bonds is 7. The van der Waals surface area contributed by atoms with E-state index in [0.717, 1.165) is 35.8 Å². The van der Waals surface area contributed by atoms with E-state index in [1.807, 2.05) is 29.8 Å². The molecule has 0 saturated heterocycles. The first kappa shape index (κ1) is 13.7. The summed E-state index contributed by atoms with van der Waals surface area (Å²) in [6, 6.07) is 5.79. The van der Waals surface area contributed by atoms with Crippen LogP contribution < -0.4 is 15.8 Å². The van der Waals surface area contributed by atoms with E-state index in [4.69, 9.17) is 10.5 Å². The molecule has 0 aliphatic carbocycles. The fourth-order valence-corrected chi connectivity index (χ4v) is 2.29. The molecular weight excluding hydrogens is 258 g/mol. The first-order valence-corrected chi connectivity index (χ1v) is 7.32. The van der Waals surface area contributed by atoms with Gasteiger partial charge in [-0.2, -0.15) is 0 Å². The number of nitrogen functional groups attached to an aromatic ring is 1. The topological polar surface area (TPSA) is 60.2 Å². The molecule has 0 saturated carbocycles. The first-order chi connectivity index (χ1) is 9.29. The van der Waals surface area contributed by atoms with E-state index >= 15 is 0 Å². The average molecular weight is 277 g/mol. The zero-order valence-electron chi connectivity index (χ0n) is 11.1. The Kier molecular flexibility index (Phi) is 5.03. The third-order valence-corrected chi connectivity index (χ3v) is 3.47. The van der Waals surface area contributed by atoms with Crippen molar-refractivity contribution in [3.8, 4) is 5.75 Å². The number of anilines is 2. The number of hydrogen-bond acceptors (Lipinski definition) is 5. The summed E-state index contributed by atoms with van der Waals surface area (Å²) in [5.74, 6) is 0.751. The number of nitrogens with two attached hydrogens (primary N) is 1. The largest absolute Gasteiger partial charge is 0.491 e. The summed E-state index contributed by atoms with van der Waals surface area (Å²) in [5, 5.41) is 6.50. The Bertz CT molecular complexity index is 499. The highest BCUT2D eigenvalue weighted by molar-refractivity contribution is 7.09. The molecule has 0 aliphatic rings. The zero-order chi connectivity index (χ0) is 13.5. The summed E-state index contributed by atoms with van der Waals surface area (Å²) < 4.78 is 5.60. The molecule has 0 aliphatic heterocycles. The normalized spacial score (nSPS) is 10.4. The van der Waals surface area contributed by atoms with Gasteiger partial charge in [0.1, 0.15) is 5.75 Å². The number of thiazole rings is 1. The average Bonchev–Trinajstić information content (AvgIpc) is 2.92. The molecule has 0 fully saturated rings. The van der Waals surface area contributed by atoms with E-state index in [0.29, 0.717) is 12.3 Å². The van der Waals surface area contributed by atoms with E-state index < -0.39 is 0 Å². The highest BCUT2D eigenvalue weighted by Gasteiger charge is 2.02. The van der Waals surface area contributed by atoms with Gasteiger partial charge < -0.3 is 15.8 Å². The predicted octanol–water partition coefficient (Wildman–Crippen LogP) is 3.17. The Morgan fingerprint density at radius 3 is 3.05 bits per heavy atom. The molecule has 0 atom stereocenters. The minimum absolute atomic E-state index is 0.680. The molecule has 4 nitrogen and oxygen atoms in total. The molecule has 2 aromatic rings. The van der Waals surface area contributed by atoms with Crippen molar-refractivity contribution in [1.82, 2.24) is 4.98 Å². The monoisotopic (exact) mass is 277 g/mol. The Hall–Kier alpha value is -1.75. The third-order valence-electron chi connectivity index (χ3n) is 2.63. The molecule has 102 valence electrons. The van der Waals surface area contributed by atoms with Gasteiger partial charge >= 0.3 is 0 Å². The summed E-state index contributed by atoms with van der Waals surface area (Å²) in [6.07, 6.45) is 3.73. The highest BCUT2D eigenvalue weighted by atomic mass is 32.1. The fraction of sp³-hybridized carbons (Fsp3) is 0.357. The molecule has 1 aromatic carbocycles. The van der Waals surface area contributed by atoms with E-state index in [1.165, 1.54) is 0 Å². The summed E-state index contributed by atoms with van der Waals surface area (Å²) in [4.78, 5) is 4.25. The number of aromatic nitrogens is 1. The van der Waals surface area contributed by atoms with Gasteiger partial charge in [-0.05, 0) is 18.6 Å².